The summed E-state index contributed by atoms with van der Waals surface area (Å²) < 4.78 is 11.7. The van der Waals surface area contributed by atoms with Crippen molar-refractivity contribution < 1.29 is 33.8 Å². The first-order valence-corrected chi connectivity index (χ1v) is 23.2. The molecule has 2 N–H and O–H groups in total. The number of anilines is 3. The predicted molar refractivity (Wildman–Crippen MR) is 263 cm³/mol. The molecule has 4 aliphatic rings. The zero-order valence-corrected chi connectivity index (χ0v) is 39.3. The van der Waals surface area contributed by atoms with Crippen LogP contribution in [0.15, 0.2) is 161 Å². The Labute approximate surface area is 408 Å². The van der Waals surface area contributed by atoms with E-state index in [-0.39, 0.29) is 41.8 Å². The quantitative estimate of drug-likeness (QED) is 0.0693. The van der Waals surface area contributed by atoms with Gasteiger partial charge >= 0.3 is 0 Å². The molecule has 13 nitrogen and oxygen atoms in total. The lowest BCUT2D eigenvalue weighted by molar-refractivity contribution is -0.138. The van der Waals surface area contributed by atoms with E-state index in [9.17, 15) is 9.90 Å². The molecule has 0 spiro atoms. The van der Waals surface area contributed by atoms with Crippen LogP contribution in [0.5, 0.6) is 17.2 Å². The molecule has 6 aromatic carbocycles. The van der Waals surface area contributed by atoms with Crippen LogP contribution >= 0.6 is 23.2 Å². The number of rotatable bonds is 12. The van der Waals surface area contributed by atoms with Gasteiger partial charge in [0.15, 0.2) is 0 Å². The number of phenolic OH excluding ortho intramolecular Hbond substituents is 1. The lowest BCUT2D eigenvalue weighted by atomic mass is 9.49. The summed E-state index contributed by atoms with van der Waals surface area (Å²) in [6, 6.07) is 40.6. The van der Waals surface area contributed by atoms with Gasteiger partial charge in [-0.2, -0.15) is 15.2 Å². The number of amides is 4. The van der Waals surface area contributed by atoms with Crippen LogP contribution in [-0.2, 0) is 31.2 Å². The Bertz CT molecular complexity index is 3060. The number of methoxy groups -OCH3 is 1. The van der Waals surface area contributed by atoms with Gasteiger partial charge in [-0.25, -0.2) is 0 Å². The molecule has 0 bridgehead atoms. The number of allylic oxidation sites excluding steroid dienone is 2. The zero-order chi connectivity index (χ0) is 48.1. The van der Waals surface area contributed by atoms with Crippen LogP contribution in [-0.4, -0.2) is 54.9 Å². The third-order valence-corrected chi connectivity index (χ3v) is 14.4. The van der Waals surface area contributed by atoms with Gasteiger partial charge < -0.3 is 19.5 Å². The zero-order valence-electron chi connectivity index (χ0n) is 37.8. The van der Waals surface area contributed by atoms with Crippen molar-refractivity contribution in [3.05, 3.63) is 178 Å². The largest absolute Gasteiger partial charge is 0.508 e. The highest BCUT2D eigenvalue weighted by molar-refractivity contribution is 6.36. The molecule has 10 rings (SSSR count). The Balaban J connectivity index is 1.05. The number of hydrogen-bond acceptors (Lipinski definition) is 11. The fourth-order valence-corrected chi connectivity index (χ4v) is 11.1. The Morgan fingerprint density at radius 3 is 2.10 bits per heavy atom. The minimum absolute atomic E-state index is 0.0351. The van der Waals surface area contributed by atoms with E-state index in [2.05, 4.69) is 15.7 Å². The summed E-state index contributed by atoms with van der Waals surface area (Å²) >= 11 is 12.9. The number of halogens is 2. The molecule has 6 atom stereocenters. The number of imide groups is 2. The number of benzene rings is 6. The maximum absolute atomic E-state index is 15.7. The number of aromatic hydroxyl groups is 1. The highest BCUT2D eigenvalue weighted by Gasteiger charge is 2.70. The summed E-state index contributed by atoms with van der Waals surface area (Å²) in [5, 5.41) is 22.5. The number of carbonyl (C=O) groups is 4. The number of hydrazine groups is 1. The fourth-order valence-electron chi connectivity index (χ4n) is 10.6. The summed E-state index contributed by atoms with van der Waals surface area (Å²) in [6.07, 6.45) is 2.15. The van der Waals surface area contributed by atoms with E-state index in [0.717, 1.165) is 16.3 Å². The van der Waals surface area contributed by atoms with Crippen molar-refractivity contribution in [2.24, 2.45) is 33.9 Å². The van der Waals surface area contributed by atoms with Gasteiger partial charge in [0.1, 0.15) is 23.9 Å². The molecule has 15 heteroatoms. The molecule has 3 fully saturated rings. The lowest BCUT2D eigenvalue weighted by Crippen LogP contribution is -2.53. The van der Waals surface area contributed by atoms with Gasteiger partial charge in [0, 0.05) is 42.4 Å². The van der Waals surface area contributed by atoms with Gasteiger partial charge in [0.25, 0.3) is 11.8 Å². The Morgan fingerprint density at radius 1 is 0.768 bits per heavy atom. The smallest absolute Gasteiger partial charge is 0.260 e. The van der Waals surface area contributed by atoms with E-state index in [4.69, 9.17) is 32.7 Å². The molecular formula is C54H46Cl2N6O7. The standard InChI is InChI=1S/C54H46Cl2N6O7/c1-60(2)36-16-12-34(13-17-36)57-58-35-14-18-37(19-15-35)61-50(64)42-25-24-40-43(48(42)52(61)66)29-44-51(65)62(59-46-26-11-33(55)27-45(46)56)53(67)54(44,32-9-20-38(68-3)21-10-32)49(40)41-23-22-39(28-47(41)63)69-30-31-7-5-4-6-8-31/h4-24,26-28,42-44,48-49,59,63H,25,29-30H2,1-3H3/t42-,43+,44-,48-,49+,54+/m0/s1. The first kappa shape index (κ1) is 45.3. The van der Waals surface area contributed by atoms with E-state index in [1.165, 1.54) is 24.1 Å². The van der Waals surface area contributed by atoms with Crippen molar-refractivity contribution >= 4 is 75.3 Å². The first-order chi connectivity index (χ1) is 33.4. The van der Waals surface area contributed by atoms with Gasteiger partial charge in [-0.15, -0.1) is 0 Å². The lowest BCUT2D eigenvalue weighted by Gasteiger charge is -2.50. The van der Waals surface area contributed by atoms with Crippen LogP contribution in [0.3, 0.4) is 0 Å². The molecule has 2 heterocycles. The van der Waals surface area contributed by atoms with Crippen LogP contribution in [0.25, 0.3) is 0 Å². The normalized spacial score (nSPS) is 22.9. The maximum Gasteiger partial charge on any atom is 0.260 e. The van der Waals surface area contributed by atoms with E-state index in [0.29, 0.717) is 50.3 Å². The van der Waals surface area contributed by atoms with Crippen LogP contribution in [0, 0.1) is 23.7 Å². The molecule has 2 saturated heterocycles. The van der Waals surface area contributed by atoms with E-state index in [1.54, 1.807) is 72.8 Å². The van der Waals surface area contributed by atoms with Crippen molar-refractivity contribution in [3.8, 4) is 17.2 Å². The number of carbonyl (C=O) groups excluding carboxylic acids is 4. The third kappa shape index (κ3) is 7.94. The molecule has 0 unspecified atom stereocenters. The molecule has 0 radical (unpaired) electrons. The van der Waals surface area contributed by atoms with Crippen molar-refractivity contribution in [1.29, 1.82) is 0 Å². The maximum atomic E-state index is 15.7. The Hall–Kier alpha value is -7.48. The van der Waals surface area contributed by atoms with Crippen LogP contribution in [0.2, 0.25) is 10.0 Å². The molecule has 2 aliphatic heterocycles. The van der Waals surface area contributed by atoms with Crippen molar-refractivity contribution in [2.45, 2.75) is 30.8 Å². The van der Waals surface area contributed by atoms with Gasteiger partial charge in [-0.3, -0.25) is 29.5 Å². The van der Waals surface area contributed by atoms with Crippen LogP contribution in [0.1, 0.15) is 35.4 Å². The fraction of sp³-hybridized carbons (Fsp3) is 0.222. The van der Waals surface area contributed by atoms with Crippen molar-refractivity contribution in [2.75, 3.05) is 36.4 Å². The van der Waals surface area contributed by atoms with E-state index >= 15 is 14.4 Å². The second kappa shape index (κ2) is 18.2. The number of fused-ring (bicyclic) bond motifs is 4. The summed E-state index contributed by atoms with van der Waals surface area (Å²) in [4.78, 5) is 63.7. The van der Waals surface area contributed by atoms with E-state index in [1.807, 2.05) is 79.7 Å². The molecular weight excluding hydrogens is 916 g/mol. The first-order valence-electron chi connectivity index (χ1n) is 22.5. The molecule has 348 valence electrons. The molecule has 4 amide bonds. The number of phenols is 1. The van der Waals surface area contributed by atoms with Gasteiger partial charge in [-0.05, 0) is 115 Å². The second-order valence-electron chi connectivity index (χ2n) is 17.8. The average Bonchev–Trinajstić information content (AvgIpc) is 3.74. The molecule has 6 aromatic rings. The summed E-state index contributed by atoms with van der Waals surface area (Å²) in [6.45, 7) is 0.239. The minimum atomic E-state index is -1.68. The number of nitrogens with one attached hydrogen (secondary N) is 1. The molecule has 1 saturated carbocycles. The third-order valence-electron chi connectivity index (χ3n) is 13.9. The summed E-state index contributed by atoms with van der Waals surface area (Å²) in [5.41, 5.74) is 6.62. The minimum Gasteiger partial charge on any atom is -0.508 e. The highest BCUT2D eigenvalue weighted by Crippen LogP contribution is 2.65. The second-order valence-corrected chi connectivity index (χ2v) is 18.7. The van der Waals surface area contributed by atoms with Crippen LogP contribution in [0.4, 0.5) is 28.4 Å². The number of azo groups is 1. The highest BCUT2D eigenvalue weighted by atomic mass is 35.5. The number of nitrogens with zero attached hydrogens (tertiary/aromatic N) is 5. The average molecular weight is 962 g/mol. The number of ether oxygens (including phenoxy) is 2. The Morgan fingerprint density at radius 2 is 1.45 bits per heavy atom. The summed E-state index contributed by atoms with van der Waals surface area (Å²) in [5.74, 6) is -5.64. The SMILES string of the molecule is COc1ccc([C@@]23C(=O)N(Nc4ccc(Cl)cc4Cl)C(=O)[C@@H]2C[C@@H]2C(=CC[C@@H]4C(=O)N(c5ccc(N=Nc6ccc(N(C)C)cc6)cc5)C(=O)[C@@H]42)[C@@H]3c2ccc(OCc3ccccc3)cc2O)cc1. The molecule has 0 aromatic heterocycles. The van der Waals surface area contributed by atoms with Crippen LogP contribution < -0.4 is 24.7 Å². The van der Waals surface area contributed by atoms with Gasteiger partial charge in [0.2, 0.25) is 11.8 Å². The summed E-state index contributed by atoms with van der Waals surface area (Å²) in [7, 11) is 5.45. The topological polar surface area (TPSA) is 153 Å². The molecule has 2 aliphatic carbocycles. The van der Waals surface area contributed by atoms with E-state index < -0.39 is 52.7 Å². The van der Waals surface area contributed by atoms with Gasteiger partial charge in [0.05, 0.1) is 58.1 Å². The number of hydrogen-bond donors (Lipinski definition) is 2. The molecule has 69 heavy (non-hydrogen) atoms. The van der Waals surface area contributed by atoms with Gasteiger partial charge in [-0.1, -0.05) is 83.4 Å². The van der Waals surface area contributed by atoms with Crippen molar-refractivity contribution in [1.82, 2.24) is 5.01 Å². The monoisotopic (exact) mass is 960 g/mol. The predicted octanol–water partition coefficient (Wildman–Crippen LogP) is 11.0. The Kier molecular flexibility index (Phi) is 12.0. The van der Waals surface area contributed by atoms with Crippen molar-refractivity contribution in [3.63, 3.8) is 0 Å².